The lowest BCUT2D eigenvalue weighted by atomic mass is 10.2. The van der Waals surface area contributed by atoms with Gasteiger partial charge in [-0.15, -0.1) is 10.2 Å². The van der Waals surface area contributed by atoms with E-state index < -0.39 is 0 Å². The van der Waals surface area contributed by atoms with E-state index in [2.05, 4.69) is 46.2 Å². The Bertz CT molecular complexity index is 290. The number of hydrogen-bond acceptors (Lipinski definition) is 4. The lowest BCUT2D eigenvalue weighted by Gasteiger charge is -2.15. The molecular formula is C10H21N5. The minimum absolute atomic E-state index is 0.282. The second-order valence-electron chi connectivity index (χ2n) is 3.41. The molecule has 0 spiro atoms. The molecule has 0 saturated heterocycles. The van der Waals surface area contributed by atoms with Crippen LogP contribution in [0.5, 0.6) is 0 Å². The summed E-state index contributed by atoms with van der Waals surface area (Å²) in [6.07, 6.45) is 1.01. The molecule has 1 aromatic heterocycles. The Morgan fingerprint density at radius 3 is 2.47 bits per heavy atom. The SMILES string of the molecule is CCNc1nnc(C(CC)NC)n1CC. The van der Waals surface area contributed by atoms with E-state index in [9.17, 15) is 0 Å². The first-order chi connectivity index (χ1) is 7.28. The lowest BCUT2D eigenvalue weighted by molar-refractivity contribution is 0.512. The van der Waals surface area contributed by atoms with Crippen LogP contribution in [-0.4, -0.2) is 28.4 Å². The number of hydrogen-bond donors (Lipinski definition) is 2. The summed E-state index contributed by atoms with van der Waals surface area (Å²) >= 11 is 0. The van der Waals surface area contributed by atoms with E-state index in [1.165, 1.54) is 0 Å². The number of rotatable bonds is 6. The quantitative estimate of drug-likeness (QED) is 0.747. The van der Waals surface area contributed by atoms with Gasteiger partial charge in [0.1, 0.15) is 0 Å². The third-order valence-corrected chi connectivity index (χ3v) is 2.50. The van der Waals surface area contributed by atoms with Crippen molar-refractivity contribution in [1.82, 2.24) is 20.1 Å². The summed E-state index contributed by atoms with van der Waals surface area (Å²) in [4.78, 5) is 0. The normalized spacial score (nSPS) is 12.8. The van der Waals surface area contributed by atoms with Gasteiger partial charge in [0.15, 0.2) is 5.82 Å². The van der Waals surface area contributed by atoms with Crippen LogP contribution in [0.3, 0.4) is 0 Å². The van der Waals surface area contributed by atoms with Gasteiger partial charge in [-0.3, -0.25) is 4.57 Å². The van der Waals surface area contributed by atoms with Gasteiger partial charge in [0.2, 0.25) is 5.95 Å². The minimum Gasteiger partial charge on any atom is -0.355 e. The molecule has 0 saturated carbocycles. The summed E-state index contributed by atoms with van der Waals surface area (Å²) in [5.74, 6) is 1.88. The first-order valence-corrected chi connectivity index (χ1v) is 5.62. The first-order valence-electron chi connectivity index (χ1n) is 5.62. The average Bonchev–Trinajstić information content (AvgIpc) is 2.64. The third-order valence-electron chi connectivity index (χ3n) is 2.50. The minimum atomic E-state index is 0.282. The van der Waals surface area contributed by atoms with E-state index in [1.807, 2.05) is 7.05 Å². The lowest BCUT2D eigenvalue weighted by Crippen LogP contribution is -2.20. The Hall–Kier alpha value is -1.10. The van der Waals surface area contributed by atoms with Gasteiger partial charge in [-0.1, -0.05) is 6.92 Å². The van der Waals surface area contributed by atoms with Crippen LogP contribution in [0.4, 0.5) is 5.95 Å². The molecule has 0 aliphatic carbocycles. The zero-order chi connectivity index (χ0) is 11.3. The highest BCUT2D eigenvalue weighted by Crippen LogP contribution is 2.17. The zero-order valence-corrected chi connectivity index (χ0v) is 10.0. The summed E-state index contributed by atoms with van der Waals surface area (Å²) in [7, 11) is 1.95. The van der Waals surface area contributed by atoms with Crippen LogP contribution in [0.1, 0.15) is 39.1 Å². The van der Waals surface area contributed by atoms with Crippen LogP contribution in [0.2, 0.25) is 0 Å². The molecule has 5 nitrogen and oxygen atoms in total. The molecule has 1 aromatic rings. The molecule has 1 unspecified atom stereocenters. The molecule has 5 heteroatoms. The number of nitrogens with one attached hydrogen (secondary N) is 2. The van der Waals surface area contributed by atoms with Gasteiger partial charge in [0.25, 0.3) is 0 Å². The van der Waals surface area contributed by atoms with Crippen LogP contribution in [0, 0.1) is 0 Å². The maximum absolute atomic E-state index is 4.24. The van der Waals surface area contributed by atoms with Gasteiger partial charge in [-0.05, 0) is 27.3 Å². The first kappa shape index (κ1) is 12.0. The van der Waals surface area contributed by atoms with Crippen molar-refractivity contribution >= 4 is 5.95 Å². The van der Waals surface area contributed by atoms with Crippen LogP contribution in [0.15, 0.2) is 0 Å². The number of anilines is 1. The van der Waals surface area contributed by atoms with Crippen molar-refractivity contribution in [3.8, 4) is 0 Å². The maximum Gasteiger partial charge on any atom is 0.224 e. The molecule has 86 valence electrons. The second kappa shape index (κ2) is 5.70. The Balaban J connectivity index is 2.96. The van der Waals surface area contributed by atoms with Crippen molar-refractivity contribution in [2.45, 2.75) is 39.8 Å². The van der Waals surface area contributed by atoms with Crippen molar-refractivity contribution in [3.05, 3.63) is 5.82 Å². The van der Waals surface area contributed by atoms with E-state index in [4.69, 9.17) is 0 Å². The molecule has 0 amide bonds. The monoisotopic (exact) mass is 211 g/mol. The van der Waals surface area contributed by atoms with Gasteiger partial charge < -0.3 is 10.6 Å². The van der Waals surface area contributed by atoms with Crippen molar-refractivity contribution in [1.29, 1.82) is 0 Å². The molecule has 15 heavy (non-hydrogen) atoms. The fourth-order valence-electron chi connectivity index (χ4n) is 1.69. The summed E-state index contributed by atoms with van der Waals surface area (Å²) in [5, 5.41) is 14.9. The Labute approximate surface area is 91.3 Å². The Kier molecular flexibility index (Phi) is 4.55. The van der Waals surface area contributed by atoms with Crippen molar-refractivity contribution in [3.63, 3.8) is 0 Å². The zero-order valence-electron chi connectivity index (χ0n) is 10.0. The van der Waals surface area contributed by atoms with Gasteiger partial charge in [0, 0.05) is 13.1 Å². The largest absolute Gasteiger partial charge is 0.355 e. The fraction of sp³-hybridized carbons (Fsp3) is 0.800. The molecule has 0 aliphatic heterocycles. The smallest absolute Gasteiger partial charge is 0.224 e. The summed E-state index contributed by atoms with van der Waals surface area (Å²) in [6.45, 7) is 8.07. The van der Waals surface area contributed by atoms with E-state index in [-0.39, 0.29) is 6.04 Å². The molecule has 0 aromatic carbocycles. The summed E-state index contributed by atoms with van der Waals surface area (Å²) in [5.41, 5.74) is 0. The molecule has 0 radical (unpaired) electrons. The molecule has 1 atom stereocenters. The highest BCUT2D eigenvalue weighted by molar-refractivity contribution is 5.26. The van der Waals surface area contributed by atoms with Crippen molar-refractivity contribution in [2.24, 2.45) is 0 Å². The molecule has 1 rings (SSSR count). The highest BCUT2D eigenvalue weighted by Gasteiger charge is 2.16. The number of aromatic nitrogens is 3. The topological polar surface area (TPSA) is 54.8 Å². The van der Waals surface area contributed by atoms with Crippen molar-refractivity contribution < 1.29 is 0 Å². The average molecular weight is 211 g/mol. The molecule has 2 N–H and O–H groups in total. The van der Waals surface area contributed by atoms with E-state index >= 15 is 0 Å². The van der Waals surface area contributed by atoms with Gasteiger partial charge in [0.05, 0.1) is 6.04 Å². The van der Waals surface area contributed by atoms with Gasteiger partial charge >= 0.3 is 0 Å². The predicted molar refractivity (Wildman–Crippen MR) is 62.0 cm³/mol. The standard InChI is InChI=1S/C10H21N5/c1-5-8(11-4)9-13-14-10(12-6-2)15(9)7-3/h8,11H,5-7H2,1-4H3,(H,12,14). The van der Waals surface area contributed by atoms with Crippen LogP contribution < -0.4 is 10.6 Å². The van der Waals surface area contributed by atoms with Crippen LogP contribution >= 0.6 is 0 Å². The Morgan fingerprint density at radius 2 is 2.00 bits per heavy atom. The molecule has 1 heterocycles. The van der Waals surface area contributed by atoms with Crippen LogP contribution in [-0.2, 0) is 6.54 Å². The molecule has 0 fully saturated rings. The van der Waals surface area contributed by atoms with Gasteiger partial charge in [-0.25, -0.2) is 0 Å². The third kappa shape index (κ3) is 2.47. The number of nitrogens with zero attached hydrogens (tertiary/aromatic N) is 3. The van der Waals surface area contributed by atoms with Gasteiger partial charge in [-0.2, -0.15) is 0 Å². The summed E-state index contributed by atoms with van der Waals surface area (Å²) in [6, 6.07) is 0.282. The van der Waals surface area contributed by atoms with E-state index in [0.29, 0.717) is 0 Å². The van der Waals surface area contributed by atoms with E-state index in [1.54, 1.807) is 0 Å². The highest BCUT2D eigenvalue weighted by atomic mass is 15.4. The molecule has 0 bridgehead atoms. The second-order valence-corrected chi connectivity index (χ2v) is 3.41. The van der Waals surface area contributed by atoms with Crippen molar-refractivity contribution in [2.75, 3.05) is 18.9 Å². The molecule has 0 aliphatic rings. The maximum atomic E-state index is 4.24. The predicted octanol–water partition coefficient (Wildman–Crippen LogP) is 1.40. The van der Waals surface area contributed by atoms with Crippen LogP contribution in [0.25, 0.3) is 0 Å². The van der Waals surface area contributed by atoms with E-state index in [0.717, 1.165) is 31.3 Å². The summed E-state index contributed by atoms with van der Waals surface area (Å²) < 4.78 is 2.12. The molecular weight excluding hydrogens is 190 g/mol. The fourth-order valence-corrected chi connectivity index (χ4v) is 1.69. The Morgan fingerprint density at radius 1 is 1.27 bits per heavy atom.